The van der Waals surface area contributed by atoms with E-state index in [0.29, 0.717) is 6.61 Å². The number of fused-ring (bicyclic) bond motifs is 1. The van der Waals surface area contributed by atoms with Crippen LogP contribution >= 0.6 is 11.3 Å². The van der Waals surface area contributed by atoms with Crippen molar-refractivity contribution in [2.75, 3.05) is 18.6 Å². The van der Waals surface area contributed by atoms with Gasteiger partial charge >= 0.3 is 0 Å². The van der Waals surface area contributed by atoms with Gasteiger partial charge in [-0.2, -0.15) is 0 Å². The summed E-state index contributed by atoms with van der Waals surface area (Å²) in [5.41, 5.74) is 6.24. The predicted molar refractivity (Wildman–Crippen MR) is 122 cm³/mol. The Morgan fingerprint density at radius 3 is 2.21 bits per heavy atom. The second-order valence-corrected chi connectivity index (χ2v) is 8.18. The molecule has 0 radical (unpaired) electrons. The molecule has 28 heavy (non-hydrogen) atoms. The van der Waals surface area contributed by atoms with Crippen molar-refractivity contribution >= 4 is 32.8 Å². The Balaban J connectivity index is 1.86. The Kier molecular flexibility index (Phi) is 5.10. The third kappa shape index (κ3) is 3.50. The molecule has 3 heteroatoms. The van der Waals surface area contributed by atoms with Gasteiger partial charge < -0.3 is 9.64 Å². The van der Waals surface area contributed by atoms with E-state index in [0.717, 1.165) is 11.4 Å². The van der Waals surface area contributed by atoms with Gasteiger partial charge in [0.1, 0.15) is 5.75 Å². The maximum Gasteiger partial charge on any atom is 0.119 e. The van der Waals surface area contributed by atoms with Gasteiger partial charge in [0.2, 0.25) is 0 Å². The molecule has 0 saturated carbocycles. The molecule has 0 amide bonds. The van der Waals surface area contributed by atoms with Gasteiger partial charge in [-0.25, -0.2) is 0 Å². The lowest BCUT2D eigenvalue weighted by atomic mass is 10.1. The largest absolute Gasteiger partial charge is 0.494 e. The summed E-state index contributed by atoms with van der Waals surface area (Å²) in [6.45, 7) is 6.97. The van der Waals surface area contributed by atoms with Crippen molar-refractivity contribution < 1.29 is 4.74 Å². The first-order valence-electron chi connectivity index (χ1n) is 9.63. The van der Waals surface area contributed by atoms with E-state index < -0.39 is 0 Å². The first kappa shape index (κ1) is 18.6. The maximum atomic E-state index is 5.60. The molecule has 4 rings (SSSR count). The molecule has 0 atom stereocenters. The molecule has 1 heterocycles. The monoisotopic (exact) mass is 387 g/mol. The van der Waals surface area contributed by atoms with Gasteiger partial charge in [-0.1, -0.05) is 42.0 Å². The number of anilines is 2. The highest BCUT2D eigenvalue weighted by Crippen LogP contribution is 2.46. The lowest BCUT2D eigenvalue weighted by molar-refractivity contribution is 0.340. The van der Waals surface area contributed by atoms with Crippen LogP contribution in [0.4, 0.5) is 11.4 Å². The summed E-state index contributed by atoms with van der Waals surface area (Å²) in [5.74, 6) is 0.907. The van der Waals surface area contributed by atoms with E-state index in [1.807, 2.05) is 30.4 Å². The molecule has 3 aromatic carbocycles. The van der Waals surface area contributed by atoms with Gasteiger partial charge in [-0.05, 0) is 62.2 Å². The van der Waals surface area contributed by atoms with Crippen molar-refractivity contribution in [3.8, 4) is 16.2 Å². The summed E-state index contributed by atoms with van der Waals surface area (Å²) in [7, 11) is 2.15. The zero-order valence-corrected chi connectivity index (χ0v) is 17.6. The van der Waals surface area contributed by atoms with E-state index in [4.69, 9.17) is 4.74 Å². The first-order valence-corrected chi connectivity index (χ1v) is 10.4. The number of aryl methyl sites for hydroxylation is 2. The molecule has 2 nitrogen and oxygen atoms in total. The van der Waals surface area contributed by atoms with Gasteiger partial charge in [0.15, 0.2) is 0 Å². The van der Waals surface area contributed by atoms with E-state index >= 15 is 0 Å². The van der Waals surface area contributed by atoms with Crippen molar-refractivity contribution in [3.63, 3.8) is 0 Å². The fourth-order valence-electron chi connectivity index (χ4n) is 3.49. The quantitative estimate of drug-likeness (QED) is 0.355. The summed E-state index contributed by atoms with van der Waals surface area (Å²) in [5, 5.41) is 1.29. The normalized spacial score (nSPS) is 11.0. The van der Waals surface area contributed by atoms with E-state index in [1.54, 1.807) is 0 Å². The highest BCUT2D eigenvalue weighted by molar-refractivity contribution is 7.23. The Bertz CT molecular complexity index is 1090. The summed E-state index contributed by atoms with van der Waals surface area (Å²) >= 11 is 1.86. The van der Waals surface area contributed by atoms with E-state index in [-0.39, 0.29) is 0 Å². The van der Waals surface area contributed by atoms with Crippen LogP contribution in [-0.4, -0.2) is 13.7 Å². The number of thiophene rings is 1. The first-order chi connectivity index (χ1) is 13.6. The molecule has 0 unspecified atom stereocenters. The van der Waals surface area contributed by atoms with Crippen molar-refractivity contribution in [1.82, 2.24) is 0 Å². The van der Waals surface area contributed by atoms with Gasteiger partial charge in [0.05, 0.1) is 17.2 Å². The van der Waals surface area contributed by atoms with Crippen molar-refractivity contribution in [1.29, 1.82) is 0 Å². The number of ether oxygens (including phenoxy) is 1. The average molecular weight is 388 g/mol. The third-order valence-electron chi connectivity index (χ3n) is 5.00. The molecular formula is C25H25NOS. The fraction of sp³-hybridized carbons (Fsp3) is 0.200. The van der Waals surface area contributed by atoms with E-state index in [1.165, 1.54) is 37.3 Å². The molecule has 0 aliphatic carbocycles. The second kappa shape index (κ2) is 7.69. The SMILES string of the molecule is CCOc1ccc(N(C)c2c(-c3ccc(C)cc3)sc3cc(C)ccc23)cc1. The Morgan fingerprint density at radius 2 is 1.54 bits per heavy atom. The molecule has 4 aromatic rings. The number of nitrogens with zero attached hydrogens (tertiary/aromatic N) is 1. The number of rotatable bonds is 5. The topological polar surface area (TPSA) is 12.5 Å². The second-order valence-electron chi connectivity index (χ2n) is 7.13. The van der Waals surface area contributed by atoms with E-state index in [2.05, 4.69) is 80.4 Å². The Hall–Kier alpha value is -2.78. The molecular weight excluding hydrogens is 362 g/mol. The Labute approximate surface area is 171 Å². The Morgan fingerprint density at radius 1 is 0.857 bits per heavy atom. The number of hydrogen-bond acceptors (Lipinski definition) is 3. The zero-order valence-electron chi connectivity index (χ0n) is 16.8. The summed E-state index contributed by atoms with van der Waals surface area (Å²) in [6.07, 6.45) is 0. The van der Waals surface area contributed by atoms with Crippen molar-refractivity contribution in [2.45, 2.75) is 20.8 Å². The highest BCUT2D eigenvalue weighted by Gasteiger charge is 2.18. The smallest absolute Gasteiger partial charge is 0.119 e. The molecule has 0 aliphatic rings. The highest BCUT2D eigenvalue weighted by atomic mass is 32.1. The lowest BCUT2D eigenvalue weighted by Crippen LogP contribution is -2.09. The van der Waals surface area contributed by atoms with Crippen LogP contribution in [0.25, 0.3) is 20.5 Å². The van der Waals surface area contributed by atoms with Crippen LogP contribution in [0.1, 0.15) is 18.1 Å². The predicted octanol–water partition coefficient (Wildman–Crippen LogP) is 7.35. The lowest BCUT2D eigenvalue weighted by Gasteiger charge is -2.21. The van der Waals surface area contributed by atoms with Crippen LogP contribution in [0.5, 0.6) is 5.75 Å². The number of benzene rings is 3. The summed E-state index contributed by atoms with van der Waals surface area (Å²) < 4.78 is 6.93. The maximum absolute atomic E-state index is 5.60. The van der Waals surface area contributed by atoms with E-state index in [9.17, 15) is 0 Å². The van der Waals surface area contributed by atoms with Crippen LogP contribution in [0.3, 0.4) is 0 Å². The minimum Gasteiger partial charge on any atom is -0.494 e. The third-order valence-corrected chi connectivity index (χ3v) is 6.19. The minimum absolute atomic E-state index is 0.682. The van der Waals surface area contributed by atoms with Crippen LogP contribution < -0.4 is 9.64 Å². The summed E-state index contributed by atoms with van der Waals surface area (Å²) in [4.78, 5) is 3.59. The molecule has 0 bridgehead atoms. The molecule has 0 N–H and O–H groups in total. The van der Waals surface area contributed by atoms with Crippen LogP contribution in [0.2, 0.25) is 0 Å². The molecule has 0 aliphatic heterocycles. The standard InChI is InChI=1S/C25H25NOS/c1-5-27-21-13-11-20(12-14-21)26(4)24-22-15-8-18(3)16-23(22)28-25(24)19-9-6-17(2)7-10-19/h6-16H,5H2,1-4H3. The van der Waals surface area contributed by atoms with Crippen LogP contribution in [0.15, 0.2) is 66.7 Å². The van der Waals surface area contributed by atoms with Crippen molar-refractivity contribution in [2.24, 2.45) is 0 Å². The zero-order chi connectivity index (χ0) is 19.7. The molecule has 0 spiro atoms. The molecule has 142 valence electrons. The van der Waals surface area contributed by atoms with Gasteiger partial charge in [-0.3, -0.25) is 0 Å². The number of hydrogen-bond donors (Lipinski definition) is 0. The summed E-state index contributed by atoms with van der Waals surface area (Å²) in [6, 6.07) is 23.9. The van der Waals surface area contributed by atoms with Gasteiger partial charge in [-0.15, -0.1) is 11.3 Å². The van der Waals surface area contributed by atoms with Gasteiger partial charge in [0, 0.05) is 22.8 Å². The van der Waals surface area contributed by atoms with Crippen LogP contribution in [0, 0.1) is 13.8 Å². The average Bonchev–Trinajstić information content (AvgIpc) is 3.07. The van der Waals surface area contributed by atoms with Crippen LogP contribution in [-0.2, 0) is 0 Å². The van der Waals surface area contributed by atoms with Gasteiger partial charge in [0.25, 0.3) is 0 Å². The molecule has 0 fully saturated rings. The molecule has 0 saturated heterocycles. The van der Waals surface area contributed by atoms with Crippen molar-refractivity contribution in [3.05, 3.63) is 77.9 Å². The molecule has 1 aromatic heterocycles. The minimum atomic E-state index is 0.682. The fourth-order valence-corrected chi connectivity index (χ4v) is 4.82.